The molecule has 0 spiro atoms. The number of amides is 1. The van der Waals surface area contributed by atoms with Gasteiger partial charge < -0.3 is 24.3 Å². The van der Waals surface area contributed by atoms with Gasteiger partial charge in [0.15, 0.2) is 11.5 Å². The maximum Gasteiger partial charge on any atom is 0.251 e. The lowest BCUT2D eigenvalue weighted by Gasteiger charge is -2.16. The Bertz CT molecular complexity index is 436. The molecule has 1 amide bonds. The van der Waals surface area contributed by atoms with E-state index in [0.29, 0.717) is 29.4 Å². The fourth-order valence-corrected chi connectivity index (χ4v) is 1.81. The van der Waals surface area contributed by atoms with Crippen LogP contribution in [0.1, 0.15) is 17.3 Å². The monoisotopic (exact) mass is 283 g/mol. The highest BCUT2D eigenvalue weighted by Gasteiger charge is 2.17. The van der Waals surface area contributed by atoms with Crippen LogP contribution in [0, 0.1) is 0 Å². The number of hydrogen-bond donors (Lipinski definition) is 1. The molecular weight excluding hydrogens is 262 g/mol. The molecule has 0 aliphatic heterocycles. The molecule has 0 aliphatic rings. The van der Waals surface area contributed by atoms with E-state index in [1.54, 1.807) is 19.2 Å². The zero-order valence-corrected chi connectivity index (χ0v) is 12.5. The summed E-state index contributed by atoms with van der Waals surface area (Å²) in [5, 5.41) is 2.82. The summed E-state index contributed by atoms with van der Waals surface area (Å²) < 4.78 is 20.6. The number of methoxy groups -OCH3 is 4. The molecular formula is C14H21NO5. The van der Waals surface area contributed by atoms with Crippen molar-refractivity contribution in [2.45, 2.75) is 13.0 Å². The Hall–Kier alpha value is -1.95. The first-order chi connectivity index (χ1) is 9.57. The first-order valence-electron chi connectivity index (χ1n) is 6.17. The van der Waals surface area contributed by atoms with E-state index in [4.69, 9.17) is 18.9 Å². The molecule has 6 heteroatoms. The van der Waals surface area contributed by atoms with Crippen LogP contribution in [0.15, 0.2) is 12.1 Å². The zero-order chi connectivity index (χ0) is 15.1. The minimum absolute atomic E-state index is 0.0911. The summed E-state index contributed by atoms with van der Waals surface area (Å²) in [6.45, 7) is 2.30. The number of rotatable bonds is 7. The van der Waals surface area contributed by atoms with Crippen LogP contribution in [0.5, 0.6) is 17.2 Å². The van der Waals surface area contributed by atoms with E-state index < -0.39 is 0 Å². The summed E-state index contributed by atoms with van der Waals surface area (Å²) >= 11 is 0. The number of carbonyl (C=O) groups excluding carboxylic acids is 1. The van der Waals surface area contributed by atoms with Crippen LogP contribution in [-0.2, 0) is 4.74 Å². The molecule has 0 aliphatic carbocycles. The summed E-state index contributed by atoms with van der Waals surface area (Å²) in [6.07, 6.45) is 0. The second-order valence-electron chi connectivity index (χ2n) is 4.24. The van der Waals surface area contributed by atoms with Crippen LogP contribution in [-0.4, -0.2) is 47.0 Å². The highest BCUT2D eigenvalue weighted by molar-refractivity contribution is 5.95. The van der Waals surface area contributed by atoms with Crippen molar-refractivity contribution in [3.05, 3.63) is 17.7 Å². The average Bonchev–Trinajstić information content (AvgIpc) is 2.45. The molecule has 6 nitrogen and oxygen atoms in total. The van der Waals surface area contributed by atoms with E-state index >= 15 is 0 Å². The van der Waals surface area contributed by atoms with Crippen molar-refractivity contribution in [3.63, 3.8) is 0 Å². The second-order valence-corrected chi connectivity index (χ2v) is 4.24. The van der Waals surface area contributed by atoms with E-state index in [9.17, 15) is 4.79 Å². The highest BCUT2D eigenvalue weighted by atomic mass is 16.5. The number of benzene rings is 1. The van der Waals surface area contributed by atoms with Crippen molar-refractivity contribution in [2.24, 2.45) is 0 Å². The molecule has 0 bridgehead atoms. The molecule has 0 heterocycles. The standard InChI is InChI=1S/C14H21NO5/c1-9(8-17-2)15-14(16)10-6-11(18-3)13(20-5)12(7-10)19-4/h6-7,9H,8H2,1-5H3,(H,15,16)/t9-/m1/s1. The Morgan fingerprint density at radius 3 is 2.05 bits per heavy atom. The summed E-state index contributed by atoms with van der Waals surface area (Å²) in [7, 11) is 6.11. The quantitative estimate of drug-likeness (QED) is 0.821. The Morgan fingerprint density at radius 1 is 1.10 bits per heavy atom. The van der Waals surface area contributed by atoms with Crippen molar-refractivity contribution in [1.82, 2.24) is 5.32 Å². The van der Waals surface area contributed by atoms with Gasteiger partial charge in [-0.3, -0.25) is 4.79 Å². The van der Waals surface area contributed by atoms with Gasteiger partial charge in [0, 0.05) is 18.7 Å². The SMILES string of the molecule is COC[C@@H](C)NC(=O)c1cc(OC)c(OC)c(OC)c1. The van der Waals surface area contributed by atoms with Crippen LogP contribution in [0.3, 0.4) is 0 Å². The van der Waals surface area contributed by atoms with Crippen LogP contribution in [0.2, 0.25) is 0 Å². The van der Waals surface area contributed by atoms with E-state index in [1.165, 1.54) is 21.3 Å². The molecule has 1 rings (SSSR count). The Kier molecular flexibility index (Phi) is 6.11. The molecule has 1 atom stereocenters. The van der Waals surface area contributed by atoms with Gasteiger partial charge in [-0.25, -0.2) is 0 Å². The van der Waals surface area contributed by atoms with Crippen molar-refractivity contribution < 1.29 is 23.7 Å². The van der Waals surface area contributed by atoms with Crippen molar-refractivity contribution in [3.8, 4) is 17.2 Å². The molecule has 0 saturated heterocycles. The van der Waals surface area contributed by atoms with Crippen molar-refractivity contribution >= 4 is 5.91 Å². The van der Waals surface area contributed by atoms with Crippen molar-refractivity contribution in [1.29, 1.82) is 0 Å². The van der Waals surface area contributed by atoms with Gasteiger partial charge in [-0.1, -0.05) is 0 Å². The van der Waals surface area contributed by atoms with Gasteiger partial charge in [0.2, 0.25) is 5.75 Å². The van der Waals surface area contributed by atoms with Gasteiger partial charge in [0.25, 0.3) is 5.91 Å². The summed E-state index contributed by atoms with van der Waals surface area (Å²) in [5.41, 5.74) is 0.433. The van der Waals surface area contributed by atoms with Crippen molar-refractivity contribution in [2.75, 3.05) is 35.0 Å². The van der Waals surface area contributed by atoms with Crippen LogP contribution < -0.4 is 19.5 Å². The van der Waals surface area contributed by atoms with E-state index in [-0.39, 0.29) is 11.9 Å². The third-order valence-electron chi connectivity index (χ3n) is 2.72. The van der Waals surface area contributed by atoms with Gasteiger partial charge in [0.1, 0.15) is 0 Å². The van der Waals surface area contributed by atoms with Gasteiger partial charge in [-0.2, -0.15) is 0 Å². The van der Waals surface area contributed by atoms with Gasteiger partial charge in [0.05, 0.1) is 27.9 Å². The molecule has 1 aromatic carbocycles. The fourth-order valence-electron chi connectivity index (χ4n) is 1.81. The number of ether oxygens (including phenoxy) is 4. The maximum absolute atomic E-state index is 12.1. The lowest BCUT2D eigenvalue weighted by atomic mass is 10.1. The normalized spacial score (nSPS) is 11.7. The van der Waals surface area contributed by atoms with Crippen LogP contribution in [0.4, 0.5) is 0 Å². The molecule has 0 aromatic heterocycles. The molecule has 0 fully saturated rings. The Labute approximate surface area is 119 Å². The zero-order valence-electron chi connectivity index (χ0n) is 12.5. The lowest BCUT2D eigenvalue weighted by Crippen LogP contribution is -2.35. The Balaban J connectivity index is 3.03. The van der Waals surface area contributed by atoms with E-state index in [2.05, 4.69) is 5.32 Å². The van der Waals surface area contributed by atoms with Gasteiger partial charge in [-0.05, 0) is 19.1 Å². The minimum atomic E-state index is -0.228. The summed E-state index contributed by atoms with van der Waals surface area (Å²) in [5.74, 6) is 1.11. The predicted molar refractivity (Wildman–Crippen MR) is 74.9 cm³/mol. The minimum Gasteiger partial charge on any atom is -0.493 e. The van der Waals surface area contributed by atoms with Gasteiger partial charge in [-0.15, -0.1) is 0 Å². The van der Waals surface area contributed by atoms with E-state index in [0.717, 1.165) is 0 Å². The first-order valence-corrected chi connectivity index (χ1v) is 6.17. The predicted octanol–water partition coefficient (Wildman–Crippen LogP) is 1.48. The van der Waals surface area contributed by atoms with Crippen LogP contribution in [0.25, 0.3) is 0 Å². The van der Waals surface area contributed by atoms with Crippen LogP contribution >= 0.6 is 0 Å². The fraction of sp³-hybridized carbons (Fsp3) is 0.500. The number of nitrogens with one attached hydrogen (secondary N) is 1. The second kappa shape index (κ2) is 7.59. The smallest absolute Gasteiger partial charge is 0.251 e. The average molecular weight is 283 g/mol. The van der Waals surface area contributed by atoms with Gasteiger partial charge >= 0.3 is 0 Å². The third-order valence-corrected chi connectivity index (χ3v) is 2.72. The molecule has 1 N–H and O–H groups in total. The lowest BCUT2D eigenvalue weighted by molar-refractivity contribution is 0.0904. The summed E-state index contributed by atoms with van der Waals surface area (Å²) in [4.78, 5) is 12.1. The molecule has 0 saturated carbocycles. The third kappa shape index (κ3) is 3.77. The Morgan fingerprint density at radius 2 is 1.65 bits per heavy atom. The maximum atomic E-state index is 12.1. The highest BCUT2D eigenvalue weighted by Crippen LogP contribution is 2.38. The summed E-state index contributed by atoms with van der Waals surface area (Å²) in [6, 6.07) is 3.12. The topological polar surface area (TPSA) is 66.0 Å². The molecule has 0 unspecified atom stereocenters. The largest absolute Gasteiger partial charge is 0.493 e. The number of carbonyl (C=O) groups is 1. The molecule has 112 valence electrons. The first kappa shape index (κ1) is 16.1. The number of hydrogen-bond acceptors (Lipinski definition) is 5. The molecule has 1 aromatic rings. The molecule has 20 heavy (non-hydrogen) atoms. The van der Waals surface area contributed by atoms with E-state index in [1.807, 2.05) is 6.92 Å². The molecule has 0 radical (unpaired) electrons.